The van der Waals surface area contributed by atoms with Crippen LogP contribution in [0.4, 0.5) is 5.69 Å². The Kier molecular flexibility index (Phi) is 5.66. The maximum Gasteiger partial charge on any atom is 0.261 e. The van der Waals surface area contributed by atoms with Crippen LogP contribution in [0.5, 0.6) is 5.75 Å². The molecule has 154 valence electrons. The summed E-state index contributed by atoms with van der Waals surface area (Å²) in [5.74, 6) is 6.98. The number of rotatable bonds is 4. The van der Waals surface area contributed by atoms with E-state index < -0.39 is 10.0 Å². The number of fused-ring (bicyclic) bond motifs is 1. The summed E-state index contributed by atoms with van der Waals surface area (Å²) >= 11 is 0. The third kappa shape index (κ3) is 4.40. The van der Waals surface area contributed by atoms with Crippen molar-refractivity contribution in [3.05, 3.63) is 102 Å². The highest BCUT2D eigenvalue weighted by molar-refractivity contribution is 7.92. The number of benzene rings is 4. The molecule has 4 aromatic carbocycles. The molecule has 0 aliphatic carbocycles. The molecule has 0 amide bonds. The van der Waals surface area contributed by atoms with Crippen LogP contribution in [-0.4, -0.2) is 15.5 Å². The van der Waals surface area contributed by atoms with Gasteiger partial charge in [0.1, 0.15) is 5.75 Å². The van der Waals surface area contributed by atoms with Crippen LogP contribution in [-0.2, 0) is 10.0 Å². The smallest absolute Gasteiger partial charge is 0.261 e. The summed E-state index contributed by atoms with van der Waals surface area (Å²) in [4.78, 5) is 0.205. The fourth-order valence-electron chi connectivity index (χ4n) is 3.28. The minimum Gasteiger partial charge on any atom is -0.495 e. The lowest BCUT2D eigenvalue weighted by Gasteiger charge is -2.10. The topological polar surface area (TPSA) is 55.4 Å². The van der Waals surface area contributed by atoms with Crippen LogP contribution in [0, 0.1) is 18.8 Å². The van der Waals surface area contributed by atoms with Gasteiger partial charge in [-0.2, -0.15) is 0 Å². The second kappa shape index (κ2) is 8.55. The largest absolute Gasteiger partial charge is 0.495 e. The minimum atomic E-state index is -3.73. The van der Waals surface area contributed by atoms with E-state index in [1.165, 1.54) is 0 Å². The molecule has 0 atom stereocenters. The van der Waals surface area contributed by atoms with Crippen LogP contribution in [0.15, 0.2) is 89.8 Å². The molecule has 0 aliphatic rings. The molecule has 0 bridgehead atoms. The highest BCUT2D eigenvalue weighted by Gasteiger charge is 2.15. The van der Waals surface area contributed by atoms with Gasteiger partial charge in [0.25, 0.3) is 10.0 Å². The zero-order valence-electron chi connectivity index (χ0n) is 17.2. The molecular weight excluding hydrogens is 406 g/mol. The molecule has 0 spiro atoms. The molecule has 0 saturated heterocycles. The van der Waals surface area contributed by atoms with E-state index in [2.05, 4.69) is 16.6 Å². The molecule has 0 unspecified atom stereocenters. The Morgan fingerprint density at radius 2 is 1.52 bits per heavy atom. The molecule has 0 aliphatic heterocycles. The Bertz CT molecular complexity index is 1410. The van der Waals surface area contributed by atoms with Crippen LogP contribution in [0.1, 0.15) is 16.7 Å². The van der Waals surface area contributed by atoms with Crippen molar-refractivity contribution in [2.24, 2.45) is 0 Å². The first-order valence-corrected chi connectivity index (χ1v) is 11.2. The second-order valence-electron chi connectivity index (χ2n) is 7.08. The predicted octanol–water partition coefficient (Wildman–Crippen LogP) is 5.36. The van der Waals surface area contributed by atoms with E-state index in [0.717, 1.165) is 21.9 Å². The van der Waals surface area contributed by atoms with Gasteiger partial charge in [0, 0.05) is 10.9 Å². The van der Waals surface area contributed by atoms with E-state index in [1.807, 2.05) is 49.4 Å². The maximum atomic E-state index is 12.8. The normalized spacial score (nSPS) is 10.9. The standard InChI is InChI=1S/C26H21NO3S/c1-19-11-15-22(16-12-19)31(28,29)27-25-10-6-4-8-21(25)13-17-24-23-9-5-3-7-20(23)14-18-26(24)30-2/h3-12,14-16,18,27H,1-2H3. The number of hydrogen-bond acceptors (Lipinski definition) is 3. The number of anilines is 1. The summed E-state index contributed by atoms with van der Waals surface area (Å²) < 4.78 is 33.8. The van der Waals surface area contributed by atoms with Gasteiger partial charge in [-0.1, -0.05) is 72.0 Å². The highest BCUT2D eigenvalue weighted by atomic mass is 32.2. The van der Waals surface area contributed by atoms with Gasteiger partial charge < -0.3 is 4.74 Å². The third-order valence-corrected chi connectivity index (χ3v) is 6.32. The van der Waals surface area contributed by atoms with Crippen molar-refractivity contribution in [1.29, 1.82) is 0 Å². The average molecular weight is 428 g/mol. The number of sulfonamides is 1. The van der Waals surface area contributed by atoms with Crippen molar-refractivity contribution in [2.45, 2.75) is 11.8 Å². The number of aryl methyl sites for hydroxylation is 1. The number of ether oxygens (including phenoxy) is 1. The number of hydrogen-bond donors (Lipinski definition) is 1. The van der Waals surface area contributed by atoms with E-state index in [9.17, 15) is 8.42 Å². The lowest BCUT2D eigenvalue weighted by Crippen LogP contribution is -2.13. The van der Waals surface area contributed by atoms with Gasteiger partial charge in [0.2, 0.25) is 0 Å². The molecule has 0 aromatic heterocycles. The lowest BCUT2D eigenvalue weighted by molar-refractivity contribution is 0.414. The summed E-state index contributed by atoms with van der Waals surface area (Å²) in [5, 5.41) is 2.04. The molecule has 4 aromatic rings. The van der Waals surface area contributed by atoms with E-state index in [4.69, 9.17) is 4.74 Å². The molecule has 4 nitrogen and oxygen atoms in total. The Morgan fingerprint density at radius 3 is 2.29 bits per heavy atom. The van der Waals surface area contributed by atoms with Crippen molar-refractivity contribution in [2.75, 3.05) is 11.8 Å². The highest BCUT2D eigenvalue weighted by Crippen LogP contribution is 2.27. The van der Waals surface area contributed by atoms with Crippen molar-refractivity contribution in [3.8, 4) is 17.6 Å². The van der Waals surface area contributed by atoms with Crippen LogP contribution < -0.4 is 9.46 Å². The summed E-state index contributed by atoms with van der Waals surface area (Å²) in [5.41, 5.74) is 2.76. The van der Waals surface area contributed by atoms with E-state index in [1.54, 1.807) is 49.6 Å². The van der Waals surface area contributed by atoms with Gasteiger partial charge in [-0.05, 0) is 42.6 Å². The SMILES string of the molecule is COc1ccc2ccccc2c1C#Cc1ccccc1NS(=O)(=O)c1ccc(C)cc1. The molecule has 0 fully saturated rings. The number of nitrogens with one attached hydrogen (secondary N) is 1. The van der Waals surface area contributed by atoms with Crippen LogP contribution in [0.3, 0.4) is 0 Å². The Morgan fingerprint density at radius 1 is 0.806 bits per heavy atom. The lowest BCUT2D eigenvalue weighted by atomic mass is 10.0. The van der Waals surface area contributed by atoms with Crippen LogP contribution in [0.2, 0.25) is 0 Å². The second-order valence-corrected chi connectivity index (χ2v) is 8.76. The Balaban J connectivity index is 1.75. The fourth-order valence-corrected chi connectivity index (χ4v) is 4.36. The molecule has 0 heterocycles. The molecule has 31 heavy (non-hydrogen) atoms. The first-order chi connectivity index (χ1) is 15.0. The van der Waals surface area contributed by atoms with Gasteiger partial charge in [-0.3, -0.25) is 4.72 Å². The Hall–Kier alpha value is -3.75. The molecule has 0 radical (unpaired) electrons. The number of methoxy groups -OCH3 is 1. The summed E-state index contributed by atoms with van der Waals surface area (Å²) in [7, 11) is -2.12. The first kappa shape index (κ1) is 20.5. The molecule has 0 saturated carbocycles. The quantitative estimate of drug-likeness (QED) is 0.446. The van der Waals surface area contributed by atoms with Gasteiger partial charge in [0.15, 0.2) is 0 Å². The van der Waals surface area contributed by atoms with E-state index >= 15 is 0 Å². The fraction of sp³-hybridized carbons (Fsp3) is 0.0769. The van der Waals surface area contributed by atoms with Gasteiger partial charge in [-0.15, -0.1) is 0 Å². The maximum absolute atomic E-state index is 12.8. The number of para-hydroxylation sites is 1. The zero-order valence-corrected chi connectivity index (χ0v) is 18.0. The minimum absolute atomic E-state index is 0.205. The summed E-state index contributed by atoms with van der Waals surface area (Å²) in [6, 6.07) is 25.6. The molecule has 4 rings (SSSR count). The zero-order chi connectivity index (χ0) is 21.8. The van der Waals surface area contributed by atoms with E-state index in [0.29, 0.717) is 17.0 Å². The average Bonchev–Trinajstić information content (AvgIpc) is 2.78. The van der Waals surface area contributed by atoms with Crippen molar-refractivity contribution in [1.82, 2.24) is 0 Å². The van der Waals surface area contributed by atoms with Crippen molar-refractivity contribution >= 4 is 26.5 Å². The van der Waals surface area contributed by atoms with Crippen LogP contribution >= 0.6 is 0 Å². The monoisotopic (exact) mass is 427 g/mol. The Labute approximate surface area is 182 Å². The van der Waals surface area contributed by atoms with Gasteiger partial charge in [0.05, 0.1) is 23.3 Å². The molecular formula is C26H21NO3S. The first-order valence-electron chi connectivity index (χ1n) is 9.74. The van der Waals surface area contributed by atoms with Gasteiger partial charge >= 0.3 is 0 Å². The molecule has 1 N–H and O–H groups in total. The predicted molar refractivity (Wildman–Crippen MR) is 125 cm³/mol. The van der Waals surface area contributed by atoms with E-state index in [-0.39, 0.29) is 4.90 Å². The molecule has 5 heteroatoms. The van der Waals surface area contributed by atoms with Crippen molar-refractivity contribution in [3.63, 3.8) is 0 Å². The van der Waals surface area contributed by atoms with Crippen LogP contribution in [0.25, 0.3) is 10.8 Å². The summed E-state index contributed by atoms with van der Waals surface area (Å²) in [6.07, 6.45) is 0. The van der Waals surface area contributed by atoms with Gasteiger partial charge in [-0.25, -0.2) is 8.42 Å². The summed E-state index contributed by atoms with van der Waals surface area (Å²) in [6.45, 7) is 1.91. The van der Waals surface area contributed by atoms with Crippen molar-refractivity contribution < 1.29 is 13.2 Å². The third-order valence-electron chi connectivity index (χ3n) is 4.94.